The minimum absolute atomic E-state index is 0.0555. The van der Waals surface area contributed by atoms with Gasteiger partial charge in [0.1, 0.15) is 0 Å². The number of carbonyl (C=O) groups excluding carboxylic acids is 1. The van der Waals surface area contributed by atoms with Crippen LogP contribution in [0.3, 0.4) is 0 Å². The molecule has 2 aromatic rings. The quantitative estimate of drug-likeness (QED) is 0.713. The van der Waals surface area contributed by atoms with Gasteiger partial charge in [-0.05, 0) is 29.3 Å². The molecule has 0 aromatic heterocycles. The van der Waals surface area contributed by atoms with Crippen LogP contribution in [-0.4, -0.2) is 24.9 Å². The summed E-state index contributed by atoms with van der Waals surface area (Å²) < 4.78 is 0. The average molecular weight is 213 g/mol. The molecule has 0 atom stereocenters. The normalized spacial score (nSPS) is 10.4. The fourth-order valence-corrected chi connectivity index (χ4v) is 1.88. The summed E-state index contributed by atoms with van der Waals surface area (Å²) in [6.07, 6.45) is 0. The fourth-order valence-electron chi connectivity index (χ4n) is 1.88. The van der Waals surface area contributed by atoms with Gasteiger partial charge in [-0.3, -0.25) is 4.79 Å². The molecule has 2 nitrogen and oxygen atoms in total. The summed E-state index contributed by atoms with van der Waals surface area (Å²) in [6, 6.07) is 12.0. The van der Waals surface area contributed by atoms with Crippen molar-refractivity contribution >= 4 is 16.7 Å². The van der Waals surface area contributed by atoms with Crippen LogP contribution >= 0.6 is 0 Å². The van der Waals surface area contributed by atoms with Crippen molar-refractivity contribution < 1.29 is 4.79 Å². The standard InChI is InChI=1S/C14H15NO/c1-10-8-11-6-4-5-7-12(11)13(9-10)14(16)15(2)3/h4-9H,1-3H3. The highest BCUT2D eigenvalue weighted by Crippen LogP contribution is 2.21. The maximum atomic E-state index is 12.0. The van der Waals surface area contributed by atoms with Gasteiger partial charge in [0.2, 0.25) is 0 Å². The minimum Gasteiger partial charge on any atom is -0.345 e. The van der Waals surface area contributed by atoms with E-state index in [9.17, 15) is 4.79 Å². The Morgan fingerprint density at radius 2 is 1.81 bits per heavy atom. The van der Waals surface area contributed by atoms with Crippen molar-refractivity contribution in [1.29, 1.82) is 0 Å². The van der Waals surface area contributed by atoms with Gasteiger partial charge in [-0.1, -0.05) is 30.3 Å². The Morgan fingerprint density at radius 1 is 1.12 bits per heavy atom. The van der Waals surface area contributed by atoms with Crippen LogP contribution in [0.1, 0.15) is 15.9 Å². The number of hydrogen-bond donors (Lipinski definition) is 0. The second-order valence-electron chi connectivity index (χ2n) is 4.23. The zero-order valence-electron chi connectivity index (χ0n) is 9.82. The molecule has 0 N–H and O–H groups in total. The van der Waals surface area contributed by atoms with Crippen molar-refractivity contribution in [2.45, 2.75) is 6.92 Å². The van der Waals surface area contributed by atoms with Crippen LogP contribution < -0.4 is 0 Å². The summed E-state index contributed by atoms with van der Waals surface area (Å²) in [5.41, 5.74) is 1.89. The molecule has 1 amide bonds. The van der Waals surface area contributed by atoms with E-state index in [4.69, 9.17) is 0 Å². The van der Waals surface area contributed by atoms with Gasteiger partial charge in [-0.25, -0.2) is 0 Å². The summed E-state index contributed by atoms with van der Waals surface area (Å²) in [6.45, 7) is 2.01. The summed E-state index contributed by atoms with van der Waals surface area (Å²) >= 11 is 0. The van der Waals surface area contributed by atoms with E-state index < -0.39 is 0 Å². The molecule has 2 aromatic carbocycles. The van der Waals surface area contributed by atoms with E-state index in [0.717, 1.165) is 21.9 Å². The molecule has 0 unspecified atom stereocenters. The third-order valence-electron chi connectivity index (χ3n) is 2.64. The molecule has 0 aliphatic rings. The van der Waals surface area contributed by atoms with Gasteiger partial charge in [-0.2, -0.15) is 0 Å². The molecule has 0 aliphatic carbocycles. The Morgan fingerprint density at radius 3 is 2.50 bits per heavy atom. The van der Waals surface area contributed by atoms with E-state index in [-0.39, 0.29) is 5.91 Å². The first kappa shape index (κ1) is 10.7. The molecule has 16 heavy (non-hydrogen) atoms. The van der Waals surface area contributed by atoms with Crippen LogP contribution in [0.25, 0.3) is 10.8 Å². The Balaban J connectivity index is 2.72. The Kier molecular flexibility index (Phi) is 2.65. The molecule has 0 aliphatic heterocycles. The van der Waals surface area contributed by atoms with Crippen LogP contribution in [-0.2, 0) is 0 Å². The van der Waals surface area contributed by atoms with Crippen LogP contribution in [0.4, 0.5) is 0 Å². The lowest BCUT2D eigenvalue weighted by molar-refractivity contribution is 0.0829. The molecule has 2 heteroatoms. The van der Waals surface area contributed by atoms with E-state index >= 15 is 0 Å². The molecule has 0 fully saturated rings. The minimum atomic E-state index is 0.0555. The van der Waals surface area contributed by atoms with Gasteiger partial charge >= 0.3 is 0 Å². The molecule has 82 valence electrons. The van der Waals surface area contributed by atoms with Crippen LogP contribution in [0.2, 0.25) is 0 Å². The Labute approximate surface area is 95.5 Å². The molecule has 0 saturated heterocycles. The van der Waals surface area contributed by atoms with Crippen LogP contribution in [0.15, 0.2) is 36.4 Å². The van der Waals surface area contributed by atoms with E-state index in [2.05, 4.69) is 6.07 Å². The number of benzene rings is 2. The van der Waals surface area contributed by atoms with Crippen LogP contribution in [0.5, 0.6) is 0 Å². The van der Waals surface area contributed by atoms with Crippen molar-refractivity contribution in [2.75, 3.05) is 14.1 Å². The fraction of sp³-hybridized carbons (Fsp3) is 0.214. The number of fused-ring (bicyclic) bond motifs is 1. The van der Waals surface area contributed by atoms with Gasteiger partial charge in [-0.15, -0.1) is 0 Å². The topological polar surface area (TPSA) is 20.3 Å². The predicted octanol–water partition coefficient (Wildman–Crippen LogP) is 2.85. The van der Waals surface area contributed by atoms with Gasteiger partial charge in [0, 0.05) is 19.7 Å². The molecule has 0 saturated carbocycles. The number of rotatable bonds is 1. The highest BCUT2D eigenvalue weighted by Gasteiger charge is 2.12. The zero-order valence-corrected chi connectivity index (χ0v) is 9.82. The van der Waals surface area contributed by atoms with Crippen molar-refractivity contribution in [3.8, 4) is 0 Å². The number of aryl methyl sites for hydroxylation is 1. The lowest BCUT2D eigenvalue weighted by Crippen LogP contribution is -2.22. The van der Waals surface area contributed by atoms with Gasteiger partial charge < -0.3 is 4.90 Å². The number of amides is 1. The first-order valence-corrected chi connectivity index (χ1v) is 5.30. The molecule has 0 radical (unpaired) electrons. The highest BCUT2D eigenvalue weighted by atomic mass is 16.2. The third-order valence-corrected chi connectivity index (χ3v) is 2.64. The molecular weight excluding hydrogens is 198 g/mol. The lowest BCUT2D eigenvalue weighted by atomic mass is 10.0. The highest BCUT2D eigenvalue weighted by molar-refractivity contribution is 6.07. The molecule has 0 spiro atoms. The largest absolute Gasteiger partial charge is 0.345 e. The molecule has 2 rings (SSSR count). The monoisotopic (exact) mass is 213 g/mol. The van der Waals surface area contributed by atoms with E-state index in [1.807, 2.05) is 37.3 Å². The smallest absolute Gasteiger partial charge is 0.253 e. The first-order valence-electron chi connectivity index (χ1n) is 5.30. The first-order chi connectivity index (χ1) is 7.59. The summed E-state index contributed by atoms with van der Waals surface area (Å²) in [4.78, 5) is 13.6. The second-order valence-corrected chi connectivity index (χ2v) is 4.23. The summed E-state index contributed by atoms with van der Waals surface area (Å²) in [5, 5.41) is 2.14. The predicted molar refractivity (Wildman–Crippen MR) is 66.7 cm³/mol. The van der Waals surface area contributed by atoms with Gasteiger partial charge in [0.25, 0.3) is 5.91 Å². The van der Waals surface area contributed by atoms with Crippen LogP contribution in [0, 0.1) is 6.92 Å². The van der Waals surface area contributed by atoms with Gasteiger partial charge in [0.05, 0.1) is 0 Å². The lowest BCUT2D eigenvalue weighted by Gasteiger charge is -2.13. The molecule has 0 heterocycles. The van der Waals surface area contributed by atoms with E-state index in [1.54, 1.807) is 19.0 Å². The average Bonchev–Trinajstić information content (AvgIpc) is 2.26. The number of nitrogens with zero attached hydrogens (tertiary/aromatic N) is 1. The summed E-state index contributed by atoms with van der Waals surface area (Å²) in [5.74, 6) is 0.0555. The maximum absolute atomic E-state index is 12.0. The number of hydrogen-bond acceptors (Lipinski definition) is 1. The second kappa shape index (κ2) is 3.97. The van der Waals surface area contributed by atoms with E-state index in [0.29, 0.717) is 0 Å². The maximum Gasteiger partial charge on any atom is 0.253 e. The third kappa shape index (κ3) is 1.78. The van der Waals surface area contributed by atoms with Crippen molar-refractivity contribution in [2.24, 2.45) is 0 Å². The van der Waals surface area contributed by atoms with Gasteiger partial charge in [0.15, 0.2) is 0 Å². The zero-order chi connectivity index (χ0) is 11.7. The summed E-state index contributed by atoms with van der Waals surface area (Å²) in [7, 11) is 3.55. The Bertz CT molecular complexity index is 543. The molecular formula is C14H15NO. The van der Waals surface area contributed by atoms with E-state index in [1.165, 1.54) is 0 Å². The van der Waals surface area contributed by atoms with Crippen molar-refractivity contribution in [3.63, 3.8) is 0 Å². The Hall–Kier alpha value is -1.83. The SMILES string of the molecule is Cc1cc(C(=O)N(C)C)c2ccccc2c1. The number of carbonyl (C=O) groups is 1. The van der Waals surface area contributed by atoms with Crippen molar-refractivity contribution in [1.82, 2.24) is 4.90 Å². The van der Waals surface area contributed by atoms with Crippen molar-refractivity contribution in [3.05, 3.63) is 47.5 Å². The molecule has 0 bridgehead atoms.